The lowest BCUT2D eigenvalue weighted by Crippen LogP contribution is -2.42. The van der Waals surface area contributed by atoms with E-state index in [-0.39, 0.29) is 13.0 Å². The van der Waals surface area contributed by atoms with Crippen molar-refractivity contribution in [2.24, 2.45) is 5.73 Å². The predicted octanol–water partition coefficient (Wildman–Crippen LogP) is 2.83. The maximum Gasteiger partial charge on any atom is 0.408 e. The number of aromatic nitrogens is 1. The van der Waals surface area contributed by atoms with E-state index in [0.717, 1.165) is 5.82 Å². The molecule has 0 aliphatic rings. The second-order valence-electron chi connectivity index (χ2n) is 8.36. The molecule has 9 nitrogen and oxygen atoms in total. The Morgan fingerprint density at radius 2 is 1.58 bits per heavy atom. The molecule has 3 rings (SSSR count). The van der Waals surface area contributed by atoms with E-state index in [1.54, 1.807) is 42.6 Å². The first-order valence-corrected chi connectivity index (χ1v) is 11.1. The number of anilines is 1. The van der Waals surface area contributed by atoms with Crippen LogP contribution in [0, 0.1) is 5.82 Å². The number of aliphatic carboxylic acids is 1. The number of nitrogens with two attached hydrogens (primary N) is 1. The van der Waals surface area contributed by atoms with Crippen LogP contribution >= 0.6 is 0 Å². The van der Waals surface area contributed by atoms with Gasteiger partial charge < -0.3 is 25.8 Å². The van der Waals surface area contributed by atoms with Crippen LogP contribution in [0.1, 0.15) is 28.2 Å². The fourth-order valence-electron chi connectivity index (χ4n) is 3.55. The Hall–Kier alpha value is -4.47. The smallest absolute Gasteiger partial charge is 0.408 e. The summed E-state index contributed by atoms with van der Waals surface area (Å²) in [6, 6.07) is 14.5. The molecule has 0 unspecified atom stereocenters. The first-order valence-electron chi connectivity index (χ1n) is 11.1. The molecule has 188 valence electrons. The molecule has 0 radical (unpaired) electrons. The van der Waals surface area contributed by atoms with Crippen LogP contribution in [0.5, 0.6) is 0 Å². The van der Waals surface area contributed by atoms with E-state index in [4.69, 9.17) is 10.5 Å². The number of carboxylic acid groups (broad SMARTS) is 1. The first-order chi connectivity index (χ1) is 17.1. The number of ether oxygens (including phenoxy) is 1. The molecule has 10 heteroatoms. The van der Waals surface area contributed by atoms with E-state index < -0.39 is 35.7 Å². The lowest BCUT2D eigenvalue weighted by atomic mass is 9.90. The number of rotatable bonds is 10. The number of benzene rings is 2. The number of carbonyl (C=O) groups is 3. The van der Waals surface area contributed by atoms with Crippen molar-refractivity contribution in [1.29, 1.82) is 0 Å². The van der Waals surface area contributed by atoms with Crippen LogP contribution in [-0.4, -0.2) is 48.2 Å². The van der Waals surface area contributed by atoms with Crippen molar-refractivity contribution in [2.75, 3.05) is 19.0 Å². The monoisotopic (exact) mass is 494 g/mol. The highest BCUT2D eigenvalue weighted by atomic mass is 19.1. The molecular weight excluding hydrogens is 467 g/mol. The van der Waals surface area contributed by atoms with Crippen molar-refractivity contribution in [3.05, 3.63) is 94.9 Å². The number of amides is 2. The molecule has 2 aromatic carbocycles. The van der Waals surface area contributed by atoms with Gasteiger partial charge in [-0.15, -0.1) is 0 Å². The number of carboxylic acids is 1. The van der Waals surface area contributed by atoms with Crippen LogP contribution in [-0.2, 0) is 27.4 Å². The molecule has 1 aromatic heterocycles. The summed E-state index contributed by atoms with van der Waals surface area (Å²) in [4.78, 5) is 41.9. The van der Waals surface area contributed by atoms with Crippen LogP contribution in [0.4, 0.5) is 15.0 Å². The quantitative estimate of drug-likeness (QED) is 0.394. The third-order valence-electron chi connectivity index (χ3n) is 5.47. The molecule has 0 fully saturated rings. The molecule has 0 spiro atoms. The molecule has 0 saturated heterocycles. The van der Waals surface area contributed by atoms with Crippen molar-refractivity contribution in [2.45, 2.75) is 25.0 Å². The average molecular weight is 495 g/mol. The number of halogens is 1. The van der Waals surface area contributed by atoms with Gasteiger partial charge in [0.2, 0.25) is 5.91 Å². The molecule has 2 amide bonds. The van der Waals surface area contributed by atoms with Crippen molar-refractivity contribution >= 4 is 23.8 Å². The van der Waals surface area contributed by atoms with Gasteiger partial charge in [-0.1, -0.05) is 42.5 Å². The van der Waals surface area contributed by atoms with Gasteiger partial charge in [0.1, 0.15) is 24.3 Å². The molecular formula is C26H27FN4O5. The van der Waals surface area contributed by atoms with Gasteiger partial charge in [-0.2, -0.15) is 0 Å². The highest BCUT2D eigenvalue weighted by Gasteiger charge is 2.22. The Kier molecular flexibility index (Phi) is 8.56. The van der Waals surface area contributed by atoms with Gasteiger partial charge in [-0.3, -0.25) is 4.79 Å². The normalized spacial score (nSPS) is 12.3. The molecule has 0 aliphatic carbocycles. The summed E-state index contributed by atoms with van der Waals surface area (Å²) in [5.41, 5.74) is 7.98. The summed E-state index contributed by atoms with van der Waals surface area (Å²) < 4.78 is 18.4. The van der Waals surface area contributed by atoms with E-state index in [0.29, 0.717) is 22.3 Å². The zero-order valence-electron chi connectivity index (χ0n) is 19.8. The third-order valence-corrected chi connectivity index (χ3v) is 5.47. The molecule has 0 bridgehead atoms. The Balaban J connectivity index is 1.58. The Labute approximate surface area is 207 Å². The van der Waals surface area contributed by atoms with Gasteiger partial charge in [0.15, 0.2) is 0 Å². The summed E-state index contributed by atoms with van der Waals surface area (Å²) in [7, 11) is 3.68. The highest BCUT2D eigenvalue weighted by Crippen LogP contribution is 2.25. The topological polar surface area (TPSA) is 135 Å². The maximum atomic E-state index is 13.2. The second kappa shape index (κ2) is 11.8. The third kappa shape index (κ3) is 7.02. The average Bonchev–Trinajstić information content (AvgIpc) is 2.84. The number of nitrogens with one attached hydrogen (secondary N) is 1. The molecule has 36 heavy (non-hydrogen) atoms. The number of nitrogens with zero attached hydrogens (tertiary/aromatic N) is 2. The Bertz CT molecular complexity index is 1200. The van der Waals surface area contributed by atoms with Crippen LogP contribution < -0.4 is 16.0 Å². The Morgan fingerprint density at radius 3 is 2.08 bits per heavy atom. The van der Waals surface area contributed by atoms with Gasteiger partial charge >= 0.3 is 12.1 Å². The molecule has 0 saturated carbocycles. The molecule has 1 heterocycles. The molecule has 0 aliphatic heterocycles. The molecule has 4 N–H and O–H groups in total. The predicted molar refractivity (Wildman–Crippen MR) is 131 cm³/mol. The fourth-order valence-corrected chi connectivity index (χ4v) is 3.55. The van der Waals surface area contributed by atoms with Crippen LogP contribution in [0.15, 0.2) is 66.9 Å². The summed E-state index contributed by atoms with van der Waals surface area (Å²) in [5, 5.41) is 11.8. The summed E-state index contributed by atoms with van der Waals surface area (Å²) >= 11 is 0. The van der Waals surface area contributed by atoms with E-state index >= 15 is 0 Å². The van der Waals surface area contributed by atoms with E-state index in [1.165, 1.54) is 24.3 Å². The highest BCUT2D eigenvalue weighted by molar-refractivity contribution is 5.85. The lowest BCUT2D eigenvalue weighted by Gasteiger charge is -2.16. The minimum absolute atomic E-state index is 0.0394. The fraction of sp³-hybridized carbons (Fsp3) is 0.231. The van der Waals surface area contributed by atoms with Crippen molar-refractivity contribution in [3.63, 3.8) is 0 Å². The van der Waals surface area contributed by atoms with Gasteiger partial charge in [-0.05, 0) is 40.5 Å². The zero-order valence-corrected chi connectivity index (χ0v) is 19.8. The van der Waals surface area contributed by atoms with Crippen molar-refractivity contribution < 1.29 is 28.6 Å². The number of hydrogen-bond donors (Lipinski definition) is 3. The Morgan fingerprint density at radius 1 is 1.00 bits per heavy atom. The maximum absolute atomic E-state index is 13.2. The number of pyridine rings is 1. The minimum Gasteiger partial charge on any atom is -0.480 e. The van der Waals surface area contributed by atoms with Crippen molar-refractivity contribution in [3.8, 4) is 0 Å². The van der Waals surface area contributed by atoms with E-state index in [2.05, 4.69) is 10.3 Å². The standard InChI is InChI=1S/C26H27FN4O5/c1-31(2)22-12-5-17(14-29-22)13-21(25(33)34)30-26(35)36-15-16-3-6-18(7-4-16)23(24(28)32)19-8-10-20(27)11-9-19/h3-12,14,21,23H,13,15H2,1-2H3,(H2,28,32)(H,30,35)(H,33,34)/t21-,23-/m0/s1. The number of alkyl carbamates (subject to hydrolysis) is 1. The second-order valence-corrected chi connectivity index (χ2v) is 8.36. The summed E-state index contributed by atoms with van der Waals surface area (Å²) in [6.07, 6.45) is 0.716. The zero-order chi connectivity index (χ0) is 26.2. The van der Waals surface area contributed by atoms with Crippen LogP contribution in [0.2, 0.25) is 0 Å². The van der Waals surface area contributed by atoms with E-state index in [9.17, 15) is 23.9 Å². The van der Waals surface area contributed by atoms with Crippen LogP contribution in [0.25, 0.3) is 0 Å². The molecule has 2 atom stereocenters. The summed E-state index contributed by atoms with van der Waals surface area (Å²) in [6.45, 7) is -0.116. The number of primary amides is 1. The van der Waals surface area contributed by atoms with Gasteiger partial charge in [0.25, 0.3) is 0 Å². The number of hydrogen-bond acceptors (Lipinski definition) is 6. The van der Waals surface area contributed by atoms with Crippen LogP contribution in [0.3, 0.4) is 0 Å². The van der Waals surface area contributed by atoms with E-state index in [1.807, 2.05) is 19.0 Å². The van der Waals surface area contributed by atoms with Gasteiger partial charge in [0, 0.05) is 26.7 Å². The van der Waals surface area contributed by atoms with Gasteiger partial charge in [-0.25, -0.2) is 19.0 Å². The molecule has 3 aromatic rings. The van der Waals surface area contributed by atoms with Crippen molar-refractivity contribution in [1.82, 2.24) is 10.3 Å². The van der Waals surface area contributed by atoms with Gasteiger partial charge in [0.05, 0.1) is 5.92 Å². The minimum atomic E-state index is -1.20. The SMILES string of the molecule is CN(C)c1ccc(C[C@H](NC(=O)OCc2ccc([C@H](C(N)=O)c3ccc(F)cc3)cc2)C(=O)O)cn1. The summed E-state index contributed by atoms with van der Waals surface area (Å²) in [5.74, 6) is -2.25. The lowest BCUT2D eigenvalue weighted by molar-refractivity contribution is -0.139. The first kappa shape index (κ1) is 26.1. The number of carbonyl (C=O) groups excluding carboxylic acids is 2. The largest absolute Gasteiger partial charge is 0.480 e.